The Balaban J connectivity index is 1.23. The molecule has 178 valence electrons. The fourth-order valence-electron chi connectivity index (χ4n) is 5.60. The molecule has 2 saturated heterocycles. The predicted molar refractivity (Wildman–Crippen MR) is 129 cm³/mol. The van der Waals surface area contributed by atoms with E-state index in [2.05, 4.69) is 0 Å². The highest BCUT2D eigenvalue weighted by molar-refractivity contribution is 6.00. The van der Waals surface area contributed by atoms with E-state index in [0.29, 0.717) is 50.2 Å². The van der Waals surface area contributed by atoms with Crippen molar-refractivity contribution < 1.29 is 19.1 Å². The number of hydrogen-bond acceptors (Lipinski definition) is 4. The number of amides is 2. The third-order valence-electron chi connectivity index (χ3n) is 7.95. The molecule has 0 aliphatic carbocycles. The lowest BCUT2D eigenvalue weighted by molar-refractivity contribution is -0.139. The first kappa shape index (κ1) is 22.6. The van der Waals surface area contributed by atoms with E-state index in [0.717, 1.165) is 16.7 Å². The first-order chi connectivity index (χ1) is 16.3. The maximum Gasteiger partial charge on any atom is 0.227 e. The summed E-state index contributed by atoms with van der Waals surface area (Å²) in [4.78, 5) is 42.6. The molecular weight excluding hydrogens is 428 g/mol. The SMILES string of the molecule is Cc1cc2c(cc1C)C(=O)CC1(CCN(C(=O)C3CC(=O)N(C(C)c4ccccc4)C3)CC1)O2. The second-order valence-corrected chi connectivity index (χ2v) is 10.2. The molecule has 3 aliphatic rings. The van der Waals surface area contributed by atoms with Crippen molar-refractivity contribution >= 4 is 17.6 Å². The first-order valence-electron chi connectivity index (χ1n) is 12.2. The van der Waals surface area contributed by atoms with E-state index in [1.807, 2.05) is 73.0 Å². The van der Waals surface area contributed by atoms with E-state index in [-0.39, 0.29) is 36.0 Å². The Morgan fingerprint density at radius 2 is 1.74 bits per heavy atom. The maximum absolute atomic E-state index is 13.3. The highest BCUT2D eigenvalue weighted by Crippen LogP contribution is 2.41. The zero-order chi connectivity index (χ0) is 24.0. The van der Waals surface area contributed by atoms with Crippen LogP contribution in [0.4, 0.5) is 0 Å². The Bertz CT molecular complexity index is 1130. The number of hydrogen-bond donors (Lipinski definition) is 0. The van der Waals surface area contributed by atoms with Gasteiger partial charge in [-0.1, -0.05) is 30.3 Å². The molecular formula is C28H32N2O4. The monoisotopic (exact) mass is 460 g/mol. The minimum Gasteiger partial charge on any atom is -0.486 e. The van der Waals surface area contributed by atoms with Crippen LogP contribution in [-0.4, -0.2) is 52.6 Å². The van der Waals surface area contributed by atoms with Gasteiger partial charge in [0.2, 0.25) is 11.8 Å². The first-order valence-corrected chi connectivity index (χ1v) is 12.2. The van der Waals surface area contributed by atoms with Crippen LogP contribution in [0.1, 0.15) is 65.7 Å². The van der Waals surface area contributed by atoms with Crippen molar-refractivity contribution in [3.8, 4) is 5.75 Å². The Kier molecular flexibility index (Phi) is 5.70. The number of carbonyl (C=O) groups excluding carboxylic acids is 3. The number of aryl methyl sites for hydroxylation is 2. The number of ether oxygens (including phenoxy) is 1. The molecule has 2 aromatic carbocycles. The molecule has 0 bridgehead atoms. The summed E-state index contributed by atoms with van der Waals surface area (Å²) in [5, 5.41) is 0. The normalized spacial score (nSPS) is 22.5. The fourth-order valence-corrected chi connectivity index (χ4v) is 5.60. The van der Waals surface area contributed by atoms with Gasteiger partial charge in [-0.15, -0.1) is 0 Å². The lowest BCUT2D eigenvalue weighted by Gasteiger charge is -2.44. The molecule has 0 N–H and O–H groups in total. The second kappa shape index (κ2) is 8.57. The number of ketones is 1. The molecule has 3 aliphatic heterocycles. The van der Waals surface area contributed by atoms with Crippen LogP contribution >= 0.6 is 0 Å². The number of piperidine rings is 1. The molecule has 3 heterocycles. The summed E-state index contributed by atoms with van der Waals surface area (Å²) >= 11 is 0. The summed E-state index contributed by atoms with van der Waals surface area (Å²) in [6.45, 7) is 7.60. The summed E-state index contributed by atoms with van der Waals surface area (Å²) in [6, 6.07) is 13.8. The number of Topliss-reactive ketones (excluding diaryl/α,β-unsaturated/α-hetero) is 1. The topological polar surface area (TPSA) is 66.9 Å². The molecule has 0 radical (unpaired) electrons. The minimum atomic E-state index is -0.540. The van der Waals surface area contributed by atoms with Gasteiger partial charge in [-0.2, -0.15) is 0 Å². The number of rotatable bonds is 3. The Hall–Kier alpha value is -3.15. The van der Waals surface area contributed by atoms with Crippen LogP contribution in [0, 0.1) is 19.8 Å². The molecule has 2 fully saturated rings. The molecule has 2 unspecified atom stereocenters. The smallest absolute Gasteiger partial charge is 0.227 e. The number of likely N-dealkylation sites (tertiary alicyclic amines) is 2. The zero-order valence-electron chi connectivity index (χ0n) is 20.2. The molecule has 34 heavy (non-hydrogen) atoms. The Labute approximate surface area is 200 Å². The van der Waals surface area contributed by atoms with Gasteiger partial charge < -0.3 is 14.5 Å². The van der Waals surface area contributed by atoms with Gasteiger partial charge in [-0.25, -0.2) is 0 Å². The van der Waals surface area contributed by atoms with Crippen LogP contribution in [0.3, 0.4) is 0 Å². The molecule has 0 saturated carbocycles. The largest absolute Gasteiger partial charge is 0.486 e. The van der Waals surface area contributed by atoms with Gasteiger partial charge in [0.25, 0.3) is 0 Å². The van der Waals surface area contributed by atoms with E-state index in [9.17, 15) is 14.4 Å². The van der Waals surface area contributed by atoms with Gasteiger partial charge in [0, 0.05) is 38.9 Å². The Morgan fingerprint density at radius 1 is 1.06 bits per heavy atom. The van der Waals surface area contributed by atoms with Crippen molar-refractivity contribution in [1.82, 2.24) is 9.80 Å². The van der Waals surface area contributed by atoms with Crippen LogP contribution < -0.4 is 4.74 Å². The van der Waals surface area contributed by atoms with Crippen molar-refractivity contribution in [3.63, 3.8) is 0 Å². The fraction of sp³-hybridized carbons (Fsp3) is 0.464. The summed E-state index contributed by atoms with van der Waals surface area (Å²) in [5.74, 6) is 0.557. The second-order valence-electron chi connectivity index (χ2n) is 10.2. The lowest BCUT2D eigenvalue weighted by Crippen LogP contribution is -2.53. The summed E-state index contributed by atoms with van der Waals surface area (Å²) in [6.07, 6.45) is 1.87. The van der Waals surface area contributed by atoms with Crippen molar-refractivity contribution in [3.05, 3.63) is 64.7 Å². The van der Waals surface area contributed by atoms with Crippen LogP contribution in [0.5, 0.6) is 5.75 Å². The van der Waals surface area contributed by atoms with Gasteiger partial charge in [-0.05, 0) is 49.6 Å². The summed E-state index contributed by atoms with van der Waals surface area (Å²) in [5.41, 5.74) is 3.41. The molecule has 5 rings (SSSR count). The van der Waals surface area contributed by atoms with Crippen molar-refractivity contribution in [2.24, 2.45) is 5.92 Å². The third kappa shape index (κ3) is 3.99. The summed E-state index contributed by atoms with van der Waals surface area (Å²) < 4.78 is 6.41. The molecule has 0 aromatic heterocycles. The number of nitrogens with zero attached hydrogens (tertiary/aromatic N) is 2. The molecule has 6 nitrogen and oxygen atoms in total. The van der Waals surface area contributed by atoms with Crippen molar-refractivity contribution in [2.45, 2.75) is 58.1 Å². The van der Waals surface area contributed by atoms with E-state index >= 15 is 0 Å². The zero-order valence-corrected chi connectivity index (χ0v) is 20.2. The van der Waals surface area contributed by atoms with E-state index in [1.54, 1.807) is 0 Å². The van der Waals surface area contributed by atoms with Crippen molar-refractivity contribution in [1.29, 1.82) is 0 Å². The maximum atomic E-state index is 13.3. The van der Waals surface area contributed by atoms with Crippen LogP contribution in [0.25, 0.3) is 0 Å². The summed E-state index contributed by atoms with van der Waals surface area (Å²) in [7, 11) is 0. The number of carbonyl (C=O) groups is 3. The number of fused-ring (bicyclic) bond motifs is 1. The quantitative estimate of drug-likeness (QED) is 0.687. The average Bonchev–Trinajstić information content (AvgIpc) is 3.22. The van der Waals surface area contributed by atoms with Gasteiger partial charge in [0.1, 0.15) is 11.4 Å². The van der Waals surface area contributed by atoms with E-state index in [1.165, 1.54) is 0 Å². The molecule has 2 atom stereocenters. The van der Waals surface area contributed by atoms with Gasteiger partial charge >= 0.3 is 0 Å². The number of benzene rings is 2. The lowest BCUT2D eigenvalue weighted by atomic mass is 9.81. The molecule has 6 heteroatoms. The molecule has 2 amide bonds. The average molecular weight is 461 g/mol. The molecule has 2 aromatic rings. The van der Waals surface area contributed by atoms with Crippen LogP contribution in [0.2, 0.25) is 0 Å². The Morgan fingerprint density at radius 3 is 2.44 bits per heavy atom. The van der Waals surface area contributed by atoms with E-state index < -0.39 is 5.60 Å². The third-order valence-corrected chi connectivity index (χ3v) is 7.95. The molecule has 1 spiro atoms. The predicted octanol–water partition coefficient (Wildman–Crippen LogP) is 4.24. The minimum absolute atomic E-state index is 0.0339. The highest BCUT2D eigenvalue weighted by atomic mass is 16.5. The van der Waals surface area contributed by atoms with E-state index in [4.69, 9.17) is 4.74 Å². The van der Waals surface area contributed by atoms with Gasteiger partial charge in [0.05, 0.1) is 23.9 Å². The van der Waals surface area contributed by atoms with Crippen LogP contribution in [-0.2, 0) is 9.59 Å². The van der Waals surface area contributed by atoms with Gasteiger partial charge in [-0.3, -0.25) is 14.4 Å². The van der Waals surface area contributed by atoms with Gasteiger partial charge in [0.15, 0.2) is 5.78 Å². The van der Waals surface area contributed by atoms with Crippen LogP contribution in [0.15, 0.2) is 42.5 Å². The highest BCUT2D eigenvalue weighted by Gasteiger charge is 2.46. The standard InChI is InChI=1S/C28H32N2O4/c1-18-13-23-24(31)16-28(34-25(23)14-19(18)2)9-11-29(12-10-28)27(33)22-15-26(32)30(17-22)20(3)21-7-5-4-6-8-21/h4-8,13-14,20,22H,9-12,15-17H2,1-3H3. The van der Waals surface area contributed by atoms with Crippen molar-refractivity contribution in [2.75, 3.05) is 19.6 Å².